The second-order valence-electron chi connectivity index (χ2n) is 16.9. The zero-order valence-corrected chi connectivity index (χ0v) is 36.7. The van der Waals surface area contributed by atoms with Crippen molar-refractivity contribution in [2.75, 3.05) is 9.80 Å². The van der Waals surface area contributed by atoms with Gasteiger partial charge in [0, 0.05) is 33.5 Å². The van der Waals surface area contributed by atoms with Gasteiger partial charge < -0.3 is 9.80 Å². The van der Waals surface area contributed by atoms with Crippen molar-refractivity contribution >= 4 is 66.4 Å². The molecule has 0 unspecified atom stereocenters. The highest BCUT2D eigenvalue weighted by atomic mass is 19.0. The Morgan fingerprint density at radius 1 is 0.239 bits per heavy atom. The van der Waals surface area contributed by atoms with E-state index in [0.29, 0.717) is 0 Å². The highest BCUT2D eigenvalue weighted by Crippen LogP contribution is 2.48. The summed E-state index contributed by atoms with van der Waals surface area (Å²) >= 11 is 0. The molecule has 0 amide bonds. The first-order chi connectivity index (χ1) is 33.7. The van der Waals surface area contributed by atoms with E-state index in [-0.39, 0.29) is 0 Å². The van der Waals surface area contributed by atoms with Crippen LogP contribution in [-0.4, -0.2) is 1.45 Å². The van der Waals surface area contributed by atoms with Gasteiger partial charge in [0.15, 0.2) is 0 Å². The van der Waals surface area contributed by atoms with Gasteiger partial charge in [-0.1, -0.05) is 206 Å². The Morgan fingerprint density at radius 2 is 0.493 bits per heavy atom. The van der Waals surface area contributed by atoms with E-state index >= 15 is 0 Å². The van der Waals surface area contributed by atoms with Crippen LogP contribution in [0.2, 0.25) is 0 Å². The quantitative estimate of drug-likeness (QED) is 0.126. The first kappa shape index (κ1) is 39.8. The second-order valence-corrected chi connectivity index (χ2v) is 16.9. The fraction of sp³-hybridized carbons (Fsp3) is 0. The number of nitrogens with zero attached hydrogens (tertiary/aromatic N) is 2. The topological polar surface area (TPSA) is 6.48 Å². The number of hydrogen-bond donors (Lipinski definition) is 0. The van der Waals surface area contributed by atoms with Crippen molar-refractivity contribution in [2.45, 2.75) is 0 Å². The maximum Gasteiger partial charge on any atom is 0.269 e. The smallest absolute Gasteiger partial charge is 0.269 e. The van der Waals surface area contributed by atoms with Crippen LogP contribution in [0.1, 0.15) is 0 Å². The Labute approximate surface area is 392 Å². The SMILES string of the molecule is [2H]F.c1ccc(-c2cccc(N(c3cccc(-c4ccccc4)c3)c3ccc4ccc5c(N(c6cccc(-c7ccccc7)c6)c6cccc(-c7ccccc7)c6)ccc6ccc3c4c65)c2)cc1. The van der Waals surface area contributed by atoms with E-state index in [4.69, 9.17) is 4.72 Å². The molecule has 2 nitrogen and oxygen atoms in total. The monoisotopic (exact) mass is 861 g/mol. The van der Waals surface area contributed by atoms with Gasteiger partial charge in [0.2, 0.25) is 0 Å². The molecule has 0 saturated carbocycles. The summed E-state index contributed by atoms with van der Waals surface area (Å²) in [7, 11) is 0. The van der Waals surface area contributed by atoms with E-state index in [0.717, 1.165) is 34.1 Å². The molecule has 0 atom stereocenters. The minimum Gasteiger partial charge on any atom is -0.310 e. The molecule has 0 N–H and O–H groups in total. The predicted octanol–water partition coefficient (Wildman–Crippen LogP) is 18.3. The summed E-state index contributed by atoms with van der Waals surface area (Å²) in [5.74, 6) is 0. The van der Waals surface area contributed by atoms with E-state index in [9.17, 15) is 0 Å². The lowest BCUT2D eigenvalue weighted by Crippen LogP contribution is -2.12. The predicted molar refractivity (Wildman–Crippen MR) is 284 cm³/mol. The lowest BCUT2D eigenvalue weighted by Gasteiger charge is -2.30. The Bertz CT molecular complexity index is 3240. The summed E-state index contributed by atoms with van der Waals surface area (Å²) in [6, 6.07) is 97.0. The van der Waals surface area contributed by atoms with Gasteiger partial charge in [-0.15, -0.1) is 0 Å². The van der Waals surface area contributed by atoms with E-state index in [2.05, 4.69) is 278 Å². The number of anilines is 6. The van der Waals surface area contributed by atoms with E-state index in [1.807, 2.05) is 0 Å². The molecular weight excluding hydrogens is 816 g/mol. The summed E-state index contributed by atoms with van der Waals surface area (Å²) in [5.41, 5.74) is 16.1. The molecule has 3 heteroatoms. The number of rotatable bonds is 10. The molecule has 0 radical (unpaired) electrons. The Hall–Kier alpha value is -8.79. The van der Waals surface area contributed by atoms with E-state index in [1.54, 1.807) is 0 Å². The first-order valence-electron chi connectivity index (χ1n) is 23.0. The van der Waals surface area contributed by atoms with Crippen LogP contribution in [0.5, 0.6) is 0 Å². The zero-order valence-electron chi connectivity index (χ0n) is 37.7. The minimum atomic E-state index is 1.10. The van der Waals surface area contributed by atoms with Crippen LogP contribution in [0.25, 0.3) is 76.8 Å². The lowest BCUT2D eigenvalue weighted by atomic mass is 9.91. The highest BCUT2D eigenvalue weighted by Gasteiger charge is 2.23. The van der Waals surface area contributed by atoms with Crippen LogP contribution >= 0.6 is 0 Å². The Morgan fingerprint density at radius 3 is 0.776 bits per heavy atom. The first-order valence-corrected chi connectivity index (χ1v) is 22.7. The molecule has 0 saturated heterocycles. The van der Waals surface area contributed by atoms with Crippen molar-refractivity contribution in [1.82, 2.24) is 0 Å². The standard InChI is InChI=1S/C64H44N2.FH/c1-5-17-45(18-6-1)51-25-13-29-55(41-51)65(56-30-14-26-52(42-56)46-19-7-2-8-20-46)61-39-35-49-34-38-60-62(40-36-50-33-37-59(61)63(49)64(50)60)66(57-31-15-27-53(43-57)47-21-9-3-10-22-47)58-32-16-28-54(44-58)48-23-11-4-12-24-48;/h1-44H;1H/i/hD. The molecule has 0 aliphatic rings. The molecule has 0 aromatic heterocycles. The summed E-state index contributed by atoms with van der Waals surface area (Å²) in [4.78, 5) is 4.89. The van der Waals surface area contributed by atoms with Crippen LogP contribution < -0.4 is 9.80 Å². The van der Waals surface area contributed by atoms with Gasteiger partial charge in [0.05, 0.1) is 11.4 Å². The fourth-order valence-electron chi connectivity index (χ4n) is 9.84. The van der Waals surface area contributed by atoms with Crippen molar-refractivity contribution in [3.05, 3.63) is 267 Å². The zero-order chi connectivity index (χ0) is 45.8. The molecule has 0 bridgehead atoms. The molecule has 12 aromatic carbocycles. The van der Waals surface area contributed by atoms with Crippen LogP contribution in [0.3, 0.4) is 0 Å². The number of halogens is 1. The molecular formula is C64H45FN2. The average molecular weight is 862 g/mol. The molecule has 0 aliphatic carbocycles. The normalized spacial score (nSPS) is 11.3. The van der Waals surface area contributed by atoms with Gasteiger partial charge in [-0.3, -0.25) is 4.72 Å². The van der Waals surface area contributed by atoms with Gasteiger partial charge in [-0.2, -0.15) is 0 Å². The minimum absolute atomic E-state index is 1.10. The Balaban J connectivity index is 0.00000250. The molecule has 12 rings (SSSR count). The van der Waals surface area contributed by atoms with Crippen LogP contribution in [-0.2, 0) is 0 Å². The van der Waals surface area contributed by atoms with E-state index < -0.39 is 0 Å². The van der Waals surface area contributed by atoms with E-state index in [1.165, 1.54) is 76.8 Å². The largest absolute Gasteiger partial charge is 0.310 e. The van der Waals surface area contributed by atoms with Crippen LogP contribution in [0.4, 0.5) is 38.8 Å². The van der Waals surface area contributed by atoms with Gasteiger partial charge in [0.1, 0.15) is 0 Å². The van der Waals surface area contributed by atoms with Crippen molar-refractivity contribution in [1.29, 1.82) is 1.45 Å². The molecule has 12 aromatic rings. The maximum absolute atomic E-state index is 8.75. The number of benzene rings is 12. The van der Waals surface area contributed by atoms with Crippen LogP contribution in [0.15, 0.2) is 267 Å². The summed E-state index contributed by atoms with van der Waals surface area (Å²) < 4.78 is 13.0. The molecule has 0 fully saturated rings. The third-order valence-electron chi connectivity index (χ3n) is 12.9. The highest BCUT2D eigenvalue weighted by molar-refractivity contribution is 6.28. The van der Waals surface area contributed by atoms with Gasteiger partial charge in [0.25, 0.3) is 1.45 Å². The molecule has 318 valence electrons. The van der Waals surface area contributed by atoms with Crippen molar-refractivity contribution < 1.29 is 4.72 Å². The van der Waals surface area contributed by atoms with Crippen LogP contribution in [0, 0.1) is 0 Å². The molecule has 67 heavy (non-hydrogen) atoms. The van der Waals surface area contributed by atoms with Gasteiger partial charge in [-0.25, -0.2) is 0 Å². The molecule has 0 spiro atoms. The van der Waals surface area contributed by atoms with Crippen molar-refractivity contribution in [3.63, 3.8) is 0 Å². The van der Waals surface area contributed by atoms with Crippen molar-refractivity contribution in [3.8, 4) is 44.5 Å². The second kappa shape index (κ2) is 17.6. The third kappa shape index (κ3) is 7.63. The Kier molecular flexibility index (Phi) is 10.5. The van der Waals surface area contributed by atoms with Gasteiger partial charge >= 0.3 is 0 Å². The molecule has 0 aliphatic heterocycles. The summed E-state index contributed by atoms with van der Waals surface area (Å²) in [6.07, 6.45) is 0. The molecule has 0 heterocycles. The average Bonchev–Trinajstić information content (AvgIpc) is 3.43. The summed E-state index contributed by atoms with van der Waals surface area (Å²) in [5, 5.41) is 7.32. The fourth-order valence-corrected chi connectivity index (χ4v) is 9.84. The summed E-state index contributed by atoms with van der Waals surface area (Å²) in [6.45, 7) is 0. The number of hydrogen-bond acceptors (Lipinski definition) is 2. The van der Waals surface area contributed by atoms with Crippen molar-refractivity contribution in [2.24, 2.45) is 0 Å². The van der Waals surface area contributed by atoms with Gasteiger partial charge in [-0.05, 0) is 127 Å². The third-order valence-corrected chi connectivity index (χ3v) is 12.9. The lowest BCUT2D eigenvalue weighted by molar-refractivity contribution is 1.11. The maximum atomic E-state index is 8.75.